The van der Waals surface area contributed by atoms with Gasteiger partial charge in [0.25, 0.3) is 0 Å². The standard InChI is InChI=1S/C12H14ClF3N2.2ClH/c13-8-5-9(15)12(10(16)6-8)11(7-14)18-3-1-17-2-4-18;;/h5-6,11,17H,1-4,7H2;2*1H/t11-;;/m0../s1. The number of nitrogens with one attached hydrogen (secondary N) is 1. The summed E-state index contributed by atoms with van der Waals surface area (Å²) in [6.45, 7) is 1.68. The van der Waals surface area contributed by atoms with Crippen LogP contribution in [0.2, 0.25) is 5.02 Å². The molecule has 0 radical (unpaired) electrons. The Hall–Kier alpha value is -0.200. The molecule has 0 bridgehead atoms. The first-order valence-electron chi connectivity index (χ1n) is 5.78. The smallest absolute Gasteiger partial charge is 0.132 e. The second-order valence-corrected chi connectivity index (χ2v) is 4.68. The third-order valence-corrected chi connectivity index (χ3v) is 3.33. The first-order valence-corrected chi connectivity index (χ1v) is 6.16. The van der Waals surface area contributed by atoms with E-state index >= 15 is 0 Å². The number of piperazine rings is 1. The summed E-state index contributed by atoms with van der Waals surface area (Å²) in [6, 6.07) is 1.15. The number of hydrogen-bond acceptors (Lipinski definition) is 2. The van der Waals surface area contributed by atoms with Gasteiger partial charge in [0.2, 0.25) is 0 Å². The number of halogens is 6. The van der Waals surface area contributed by atoms with E-state index in [2.05, 4.69) is 5.32 Å². The van der Waals surface area contributed by atoms with Crippen LogP contribution in [0.1, 0.15) is 11.6 Å². The lowest BCUT2D eigenvalue weighted by molar-refractivity contribution is 0.141. The lowest BCUT2D eigenvalue weighted by atomic mass is 10.0. The number of hydrogen-bond donors (Lipinski definition) is 1. The Morgan fingerprint density at radius 3 is 2.10 bits per heavy atom. The highest BCUT2D eigenvalue weighted by molar-refractivity contribution is 6.30. The van der Waals surface area contributed by atoms with Crippen molar-refractivity contribution in [2.75, 3.05) is 32.9 Å². The van der Waals surface area contributed by atoms with Crippen LogP contribution in [0.4, 0.5) is 13.2 Å². The minimum absolute atomic E-state index is 0. The van der Waals surface area contributed by atoms with Crippen LogP contribution in [-0.2, 0) is 0 Å². The summed E-state index contributed by atoms with van der Waals surface area (Å²) < 4.78 is 40.7. The molecular formula is C12H16Cl3F3N2. The molecule has 116 valence electrons. The van der Waals surface area contributed by atoms with Gasteiger partial charge in [0.05, 0.1) is 6.04 Å². The van der Waals surface area contributed by atoms with Crippen LogP contribution in [0.3, 0.4) is 0 Å². The molecule has 0 spiro atoms. The average Bonchev–Trinajstić information content (AvgIpc) is 2.34. The molecule has 0 unspecified atom stereocenters. The predicted molar refractivity (Wildman–Crippen MR) is 79.0 cm³/mol. The third-order valence-electron chi connectivity index (χ3n) is 3.12. The van der Waals surface area contributed by atoms with Crippen LogP contribution in [0.25, 0.3) is 0 Å². The van der Waals surface area contributed by atoms with Crippen LogP contribution in [0.5, 0.6) is 0 Å². The summed E-state index contributed by atoms with van der Waals surface area (Å²) in [5, 5.41) is 3.09. The van der Waals surface area contributed by atoms with E-state index in [1.54, 1.807) is 4.90 Å². The molecule has 1 saturated heterocycles. The molecule has 2 rings (SSSR count). The fraction of sp³-hybridized carbons (Fsp3) is 0.500. The molecule has 0 amide bonds. The summed E-state index contributed by atoms with van der Waals surface area (Å²) in [5.41, 5.74) is -0.233. The zero-order chi connectivity index (χ0) is 13.1. The summed E-state index contributed by atoms with van der Waals surface area (Å²) in [4.78, 5) is 1.74. The summed E-state index contributed by atoms with van der Waals surface area (Å²) >= 11 is 5.56. The van der Waals surface area contributed by atoms with Gasteiger partial charge in [-0.2, -0.15) is 0 Å². The van der Waals surface area contributed by atoms with Gasteiger partial charge in [0, 0.05) is 36.8 Å². The molecule has 1 aliphatic rings. The topological polar surface area (TPSA) is 15.3 Å². The van der Waals surface area contributed by atoms with Crippen molar-refractivity contribution in [3.05, 3.63) is 34.4 Å². The summed E-state index contributed by atoms with van der Waals surface area (Å²) in [6.07, 6.45) is 0. The van der Waals surface area contributed by atoms with Crippen LogP contribution in [-0.4, -0.2) is 37.8 Å². The molecule has 1 heterocycles. The van der Waals surface area contributed by atoms with Crippen molar-refractivity contribution in [1.29, 1.82) is 0 Å². The second kappa shape index (κ2) is 8.95. The molecule has 0 aromatic heterocycles. The van der Waals surface area contributed by atoms with E-state index in [1.165, 1.54) is 0 Å². The molecule has 1 N–H and O–H groups in total. The van der Waals surface area contributed by atoms with Crippen LogP contribution in [0.15, 0.2) is 12.1 Å². The Morgan fingerprint density at radius 1 is 1.15 bits per heavy atom. The highest BCUT2D eigenvalue weighted by Gasteiger charge is 2.27. The molecule has 2 nitrogen and oxygen atoms in total. The third kappa shape index (κ3) is 4.40. The van der Waals surface area contributed by atoms with Crippen molar-refractivity contribution >= 4 is 36.4 Å². The first kappa shape index (κ1) is 19.8. The van der Waals surface area contributed by atoms with Crippen LogP contribution < -0.4 is 5.32 Å². The SMILES string of the molecule is Cl.Cl.FC[C@@H](c1c(F)cc(Cl)cc1F)N1CCNCC1. The maximum atomic E-state index is 13.8. The van der Waals surface area contributed by atoms with Gasteiger partial charge in [-0.05, 0) is 12.1 Å². The summed E-state index contributed by atoms with van der Waals surface area (Å²) in [5.74, 6) is -1.58. The first-order chi connectivity index (χ1) is 8.63. The molecular weight excluding hydrogens is 335 g/mol. The Bertz CT molecular complexity index is 405. The maximum absolute atomic E-state index is 13.8. The molecule has 0 saturated carbocycles. The molecule has 1 aliphatic heterocycles. The maximum Gasteiger partial charge on any atom is 0.132 e. The van der Waals surface area contributed by atoms with E-state index in [-0.39, 0.29) is 35.4 Å². The zero-order valence-corrected chi connectivity index (χ0v) is 12.9. The fourth-order valence-corrected chi connectivity index (χ4v) is 2.41. The molecule has 0 aliphatic carbocycles. The fourth-order valence-electron chi connectivity index (χ4n) is 2.22. The van der Waals surface area contributed by atoms with Crippen molar-refractivity contribution < 1.29 is 13.2 Å². The van der Waals surface area contributed by atoms with E-state index in [0.29, 0.717) is 26.2 Å². The van der Waals surface area contributed by atoms with Crippen molar-refractivity contribution in [2.24, 2.45) is 0 Å². The van der Waals surface area contributed by atoms with Crippen molar-refractivity contribution in [3.8, 4) is 0 Å². The molecule has 8 heteroatoms. The van der Waals surface area contributed by atoms with Crippen molar-refractivity contribution in [2.45, 2.75) is 6.04 Å². The number of nitrogens with zero attached hydrogens (tertiary/aromatic N) is 1. The second-order valence-electron chi connectivity index (χ2n) is 4.24. The minimum atomic E-state index is -0.885. The molecule has 1 fully saturated rings. The van der Waals surface area contributed by atoms with Gasteiger partial charge >= 0.3 is 0 Å². The van der Waals surface area contributed by atoms with E-state index in [9.17, 15) is 13.2 Å². The highest BCUT2D eigenvalue weighted by atomic mass is 35.5. The lowest BCUT2D eigenvalue weighted by Gasteiger charge is -2.33. The zero-order valence-electron chi connectivity index (χ0n) is 10.5. The van der Waals surface area contributed by atoms with Crippen LogP contribution in [0, 0.1) is 11.6 Å². The molecule has 1 atom stereocenters. The molecule has 1 aromatic carbocycles. The Kier molecular flexibility index (Phi) is 8.86. The van der Waals surface area contributed by atoms with Gasteiger partial charge in [0.1, 0.15) is 18.3 Å². The Labute approximate surface area is 133 Å². The quantitative estimate of drug-likeness (QED) is 0.898. The number of alkyl halides is 1. The van der Waals surface area contributed by atoms with E-state index in [1.807, 2.05) is 0 Å². The predicted octanol–water partition coefficient (Wildman–Crippen LogP) is 3.38. The summed E-state index contributed by atoms with van der Waals surface area (Å²) in [7, 11) is 0. The van der Waals surface area contributed by atoms with Crippen LogP contribution >= 0.6 is 36.4 Å². The number of benzene rings is 1. The number of rotatable bonds is 3. The van der Waals surface area contributed by atoms with E-state index in [0.717, 1.165) is 12.1 Å². The molecule has 20 heavy (non-hydrogen) atoms. The van der Waals surface area contributed by atoms with E-state index < -0.39 is 24.4 Å². The monoisotopic (exact) mass is 350 g/mol. The lowest BCUT2D eigenvalue weighted by Crippen LogP contribution is -2.46. The Balaban J connectivity index is 0.00000180. The largest absolute Gasteiger partial charge is 0.314 e. The van der Waals surface area contributed by atoms with Gasteiger partial charge in [-0.25, -0.2) is 13.2 Å². The van der Waals surface area contributed by atoms with Crippen molar-refractivity contribution in [3.63, 3.8) is 0 Å². The average molecular weight is 352 g/mol. The van der Waals surface area contributed by atoms with Gasteiger partial charge in [-0.1, -0.05) is 11.6 Å². The molecule has 1 aromatic rings. The minimum Gasteiger partial charge on any atom is -0.314 e. The van der Waals surface area contributed by atoms with Gasteiger partial charge in [0.15, 0.2) is 0 Å². The van der Waals surface area contributed by atoms with E-state index in [4.69, 9.17) is 11.6 Å². The van der Waals surface area contributed by atoms with Crippen molar-refractivity contribution in [1.82, 2.24) is 10.2 Å². The van der Waals surface area contributed by atoms with Gasteiger partial charge < -0.3 is 5.32 Å². The Morgan fingerprint density at radius 2 is 1.65 bits per heavy atom. The van der Waals surface area contributed by atoms with Gasteiger partial charge in [-0.3, -0.25) is 4.90 Å². The van der Waals surface area contributed by atoms with Gasteiger partial charge in [-0.15, -0.1) is 24.8 Å². The highest BCUT2D eigenvalue weighted by Crippen LogP contribution is 2.29. The normalized spacial score (nSPS) is 17.0.